The molecule has 1 amide bonds. The summed E-state index contributed by atoms with van der Waals surface area (Å²) in [5, 5.41) is 6.63. The molecule has 0 saturated heterocycles. The molecule has 6 heteroatoms. The summed E-state index contributed by atoms with van der Waals surface area (Å²) >= 11 is 11.8. The average Bonchev–Trinajstić information content (AvgIpc) is 2.55. The van der Waals surface area contributed by atoms with E-state index in [1.54, 1.807) is 18.2 Å². The van der Waals surface area contributed by atoms with Crippen molar-refractivity contribution in [2.24, 2.45) is 0 Å². The first-order valence-electron chi connectivity index (χ1n) is 7.30. The molecule has 0 heterocycles. The molecule has 2 rings (SSSR count). The third-order valence-corrected chi connectivity index (χ3v) is 3.71. The Morgan fingerprint density at radius 1 is 1.12 bits per heavy atom. The van der Waals surface area contributed by atoms with Gasteiger partial charge in [0.1, 0.15) is 12.4 Å². The Morgan fingerprint density at radius 3 is 2.62 bits per heavy atom. The van der Waals surface area contributed by atoms with Gasteiger partial charge in [-0.25, -0.2) is 0 Å². The van der Waals surface area contributed by atoms with Gasteiger partial charge in [0.2, 0.25) is 5.91 Å². The van der Waals surface area contributed by atoms with Crippen LogP contribution in [0.2, 0.25) is 10.0 Å². The highest BCUT2D eigenvalue weighted by Gasteiger charge is 2.05. The molecule has 2 aromatic carbocycles. The summed E-state index contributed by atoms with van der Waals surface area (Å²) < 4.78 is 5.57. The molecule has 0 radical (unpaired) electrons. The van der Waals surface area contributed by atoms with Gasteiger partial charge in [0.15, 0.2) is 0 Å². The van der Waals surface area contributed by atoms with E-state index in [-0.39, 0.29) is 12.5 Å². The highest BCUT2D eigenvalue weighted by molar-refractivity contribution is 6.42. The summed E-state index contributed by atoms with van der Waals surface area (Å²) in [5.74, 6) is 0.523. The second kappa shape index (κ2) is 8.62. The smallest absolute Gasteiger partial charge is 0.243 e. The zero-order chi connectivity index (χ0) is 17.5. The SMILES string of the molecule is C=C(C)COc1cccc(NCC(=O)Nc2ccc(Cl)c(Cl)c2)c1. The maximum atomic E-state index is 12.0. The number of ether oxygens (including phenoxy) is 1. The van der Waals surface area contributed by atoms with Crippen molar-refractivity contribution < 1.29 is 9.53 Å². The zero-order valence-electron chi connectivity index (χ0n) is 13.2. The molecule has 0 aromatic heterocycles. The fourth-order valence-corrected chi connectivity index (χ4v) is 2.16. The van der Waals surface area contributed by atoms with Gasteiger partial charge in [0.25, 0.3) is 0 Å². The van der Waals surface area contributed by atoms with E-state index in [2.05, 4.69) is 17.2 Å². The van der Waals surface area contributed by atoms with Gasteiger partial charge >= 0.3 is 0 Å². The summed E-state index contributed by atoms with van der Waals surface area (Å²) in [6.07, 6.45) is 0. The number of amides is 1. The highest BCUT2D eigenvalue weighted by atomic mass is 35.5. The molecular weight excluding hydrogens is 347 g/mol. The second-order valence-corrected chi connectivity index (χ2v) is 6.12. The third-order valence-electron chi connectivity index (χ3n) is 2.98. The molecule has 2 aromatic rings. The van der Waals surface area contributed by atoms with E-state index in [1.807, 2.05) is 31.2 Å². The van der Waals surface area contributed by atoms with Crippen LogP contribution < -0.4 is 15.4 Å². The van der Waals surface area contributed by atoms with Crippen molar-refractivity contribution in [3.8, 4) is 5.75 Å². The van der Waals surface area contributed by atoms with Crippen LogP contribution in [0, 0.1) is 0 Å². The number of anilines is 2. The largest absolute Gasteiger partial charge is 0.489 e. The lowest BCUT2D eigenvalue weighted by molar-refractivity contribution is -0.114. The van der Waals surface area contributed by atoms with Gasteiger partial charge in [0, 0.05) is 17.4 Å². The molecule has 0 aliphatic heterocycles. The van der Waals surface area contributed by atoms with Gasteiger partial charge in [-0.05, 0) is 42.8 Å². The minimum absolute atomic E-state index is 0.115. The summed E-state index contributed by atoms with van der Waals surface area (Å²) in [6.45, 7) is 6.27. The number of hydrogen-bond donors (Lipinski definition) is 2. The van der Waals surface area contributed by atoms with E-state index < -0.39 is 0 Å². The van der Waals surface area contributed by atoms with Crippen molar-refractivity contribution in [3.05, 3.63) is 64.7 Å². The van der Waals surface area contributed by atoms with Crippen LogP contribution in [0.3, 0.4) is 0 Å². The normalized spacial score (nSPS) is 10.1. The monoisotopic (exact) mass is 364 g/mol. The van der Waals surface area contributed by atoms with Crippen LogP contribution in [0.5, 0.6) is 5.75 Å². The number of rotatable bonds is 7. The molecule has 2 N–H and O–H groups in total. The molecule has 0 atom stereocenters. The number of hydrogen-bond acceptors (Lipinski definition) is 3. The Kier molecular flexibility index (Phi) is 6.53. The summed E-state index contributed by atoms with van der Waals surface area (Å²) in [7, 11) is 0. The van der Waals surface area contributed by atoms with Gasteiger partial charge < -0.3 is 15.4 Å². The summed E-state index contributed by atoms with van der Waals surface area (Å²) in [4.78, 5) is 12.0. The van der Waals surface area contributed by atoms with Gasteiger partial charge in [-0.2, -0.15) is 0 Å². The fourth-order valence-electron chi connectivity index (χ4n) is 1.86. The van der Waals surface area contributed by atoms with E-state index in [0.717, 1.165) is 11.3 Å². The van der Waals surface area contributed by atoms with Crippen LogP contribution in [0.25, 0.3) is 0 Å². The summed E-state index contributed by atoms with van der Waals surface area (Å²) in [5.41, 5.74) is 2.32. The van der Waals surface area contributed by atoms with Crippen molar-refractivity contribution in [2.45, 2.75) is 6.92 Å². The van der Waals surface area contributed by atoms with Crippen molar-refractivity contribution in [2.75, 3.05) is 23.8 Å². The summed E-state index contributed by atoms with van der Waals surface area (Å²) in [6, 6.07) is 12.3. The predicted octanol–water partition coefficient (Wildman–Crippen LogP) is 5.00. The van der Waals surface area contributed by atoms with E-state index in [4.69, 9.17) is 27.9 Å². The molecule has 0 fully saturated rings. The molecule has 0 saturated carbocycles. The lowest BCUT2D eigenvalue weighted by Gasteiger charge is -2.10. The Bertz CT molecular complexity index is 748. The molecule has 0 aliphatic carbocycles. The standard InChI is InChI=1S/C18H18Cl2N2O2/c1-12(2)11-24-15-5-3-4-13(8-15)21-10-18(23)22-14-6-7-16(19)17(20)9-14/h3-9,21H,1,10-11H2,2H3,(H,22,23). The van der Waals surface area contributed by atoms with Gasteiger partial charge in [-0.3, -0.25) is 4.79 Å². The molecule has 0 unspecified atom stereocenters. The van der Waals surface area contributed by atoms with Gasteiger partial charge in [-0.15, -0.1) is 0 Å². The number of carbonyl (C=O) groups is 1. The van der Waals surface area contributed by atoms with Crippen LogP contribution in [-0.2, 0) is 4.79 Å². The number of carbonyl (C=O) groups excluding carboxylic acids is 1. The topological polar surface area (TPSA) is 50.4 Å². The Balaban J connectivity index is 1.88. The molecular formula is C18H18Cl2N2O2. The fraction of sp³-hybridized carbons (Fsp3) is 0.167. The Morgan fingerprint density at radius 2 is 1.92 bits per heavy atom. The van der Waals surface area contributed by atoms with Crippen molar-refractivity contribution in [3.63, 3.8) is 0 Å². The maximum absolute atomic E-state index is 12.0. The molecule has 0 spiro atoms. The lowest BCUT2D eigenvalue weighted by Crippen LogP contribution is -2.21. The van der Waals surface area contributed by atoms with Gasteiger partial charge in [0.05, 0.1) is 16.6 Å². The van der Waals surface area contributed by atoms with Crippen LogP contribution in [0.1, 0.15) is 6.92 Å². The predicted molar refractivity (Wildman–Crippen MR) is 100 cm³/mol. The second-order valence-electron chi connectivity index (χ2n) is 5.30. The lowest BCUT2D eigenvalue weighted by atomic mass is 10.3. The Hall–Kier alpha value is -2.17. The molecule has 0 aliphatic rings. The zero-order valence-corrected chi connectivity index (χ0v) is 14.7. The molecule has 0 bridgehead atoms. The highest BCUT2D eigenvalue weighted by Crippen LogP contribution is 2.25. The van der Waals surface area contributed by atoms with Crippen molar-refractivity contribution >= 4 is 40.5 Å². The van der Waals surface area contributed by atoms with E-state index in [0.29, 0.717) is 28.1 Å². The van der Waals surface area contributed by atoms with Gasteiger partial charge in [-0.1, -0.05) is 35.8 Å². The number of nitrogens with one attached hydrogen (secondary N) is 2. The van der Waals surface area contributed by atoms with Crippen molar-refractivity contribution in [1.82, 2.24) is 0 Å². The van der Waals surface area contributed by atoms with E-state index >= 15 is 0 Å². The third kappa shape index (κ3) is 5.80. The average molecular weight is 365 g/mol. The van der Waals surface area contributed by atoms with E-state index in [1.165, 1.54) is 0 Å². The molecule has 24 heavy (non-hydrogen) atoms. The van der Waals surface area contributed by atoms with Crippen LogP contribution >= 0.6 is 23.2 Å². The first-order valence-corrected chi connectivity index (χ1v) is 8.05. The Labute approximate surface area is 151 Å². The van der Waals surface area contributed by atoms with Crippen LogP contribution in [0.15, 0.2) is 54.6 Å². The molecule has 4 nitrogen and oxygen atoms in total. The van der Waals surface area contributed by atoms with Crippen molar-refractivity contribution in [1.29, 1.82) is 0 Å². The minimum Gasteiger partial charge on any atom is -0.489 e. The minimum atomic E-state index is -0.193. The first kappa shape index (κ1) is 18.2. The van der Waals surface area contributed by atoms with E-state index in [9.17, 15) is 4.79 Å². The number of benzene rings is 2. The number of halogens is 2. The van der Waals surface area contributed by atoms with Crippen LogP contribution in [0.4, 0.5) is 11.4 Å². The quantitative estimate of drug-likeness (QED) is 0.679. The maximum Gasteiger partial charge on any atom is 0.243 e. The first-order chi connectivity index (χ1) is 11.4. The van der Waals surface area contributed by atoms with Crippen LogP contribution in [-0.4, -0.2) is 19.1 Å². The molecule has 126 valence electrons.